The van der Waals surface area contributed by atoms with Crippen LogP contribution in [0.2, 0.25) is 0 Å². The van der Waals surface area contributed by atoms with E-state index in [1.165, 1.54) is 6.07 Å². The molecule has 18 heavy (non-hydrogen) atoms. The van der Waals surface area contributed by atoms with Crippen LogP contribution in [0.5, 0.6) is 0 Å². The average Bonchev–Trinajstić information content (AvgIpc) is 2.31. The molecule has 0 fully saturated rings. The first-order valence-corrected chi connectivity index (χ1v) is 6.35. The van der Waals surface area contributed by atoms with Crippen molar-refractivity contribution in [2.24, 2.45) is 5.73 Å². The molecule has 1 amide bonds. The van der Waals surface area contributed by atoms with Crippen LogP contribution in [0.25, 0.3) is 0 Å². The highest BCUT2D eigenvalue weighted by Crippen LogP contribution is 2.26. The molecular weight excluding hydrogens is 300 g/mol. The molecule has 0 aliphatic heterocycles. The first-order valence-electron chi connectivity index (χ1n) is 5.55. The zero-order chi connectivity index (χ0) is 13.7. The number of hydrogen-bond acceptors (Lipinski definition) is 3. The van der Waals surface area contributed by atoms with Crippen LogP contribution < -0.4 is 11.1 Å². The molecule has 0 spiro atoms. The maximum atomic E-state index is 11.8. The van der Waals surface area contributed by atoms with Crippen molar-refractivity contribution < 1.29 is 14.7 Å². The van der Waals surface area contributed by atoms with Gasteiger partial charge in [-0.1, -0.05) is 19.4 Å². The number of para-hydroxylation sites is 1. The highest BCUT2D eigenvalue weighted by molar-refractivity contribution is 9.10. The van der Waals surface area contributed by atoms with E-state index in [9.17, 15) is 9.59 Å². The predicted molar refractivity (Wildman–Crippen MR) is 72.6 cm³/mol. The summed E-state index contributed by atoms with van der Waals surface area (Å²) in [4.78, 5) is 22.8. The molecule has 1 atom stereocenters. The SMILES string of the molecule is CCC[C@@H](N)C(=O)Nc1c(Br)cccc1C(=O)O. The number of aromatic carboxylic acids is 1. The zero-order valence-corrected chi connectivity index (χ0v) is 11.5. The van der Waals surface area contributed by atoms with Gasteiger partial charge in [0.25, 0.3) is 0 Å². The number of carboxylic acid groups (broad SMARTS) is 1. The van der Waals surface area contributed by atoms with E-state index in [0.717, 1.165) is 6.42 Å². The standard InChI is InChI=1S/C12H15BrN2O3/c1-2-4-9(14)11(16)15-10-7(12(17)18)5-3-6-8(10)13/h3,5-6,9H,2,4,14H2,1H3,(H,15,16)(H,17,18)/t9-/m1/s1. The van der Waals surface area contributed by atoms with Crippen LogP contribution in [-0.2, 0) is 4.79 Å². The van der Waals surface area contributed by atoms with Crippen LogP contribution >= 0.6 is 15.9 Å². The van der Waals surface area contributed by atoms with Gasteiger partial charge in [-0.2, -0.15) is 0 Å². The molecule has 1 aromatic rings. The third-order valence-corrected chi connectivity index (χ3v) is 3.09. The van der Waals surface area contributed by atoms with Gasteiger partial charge in [0.1, 0.15) is 0 Å². The third kappa shape index (κ3) is 3.54. The van der Waals surface area contributed by atoms with E-state index in [2.05, 4.69) is 21.2 Å². The number of nitrogens with one attached hydrogen (secondary N) is 1. The summed E-state index contributed by atoms with van der Waals surface area (Å²) in [7, 11) is 0. The van der Waals surface area contributed by atoms with Crippen LogP contribution in [0.4, 0.5) is 5.69 Å². The fourth-order valence-corrected chi connectivity index (χ4v) is 1.95. The topological polar surface area (TPSA) is 92.4 Å². The Labute approximate surface area is 113 Å². The minimum atomic E-state index is -1.10. The van der Waals surface area contributed by atoms with Crippen molar-refractivity contribution in [2.45, 2.75) is 25.8 Å². The summed E-state index contributed by atoms with van der Waals surface area (Å²) < 4.78 is 0.513. The van der Waals surface area contributed by atoms with E-state index in [1.807, 2.05) is 6.92 Å². The van der Waals surface area contributed by atoms with Gasteiger partial charge < -0.3 is 16.2 Å². The van der Waals surface area contributed by atoms with Gasteiger partial charge >= 0.3 is 5.97 Å². The van der Waals surface area contributed by atoms with Gasteiger partial charge in [0, 0.05) is 4.47 Å². The molecule has 1 aromatic carbocycles. The van der Waals surface area contributed by atoms with Crippen molar-refractivity contribution in [1.82, 2.24) is 0 Å². The predicted octanol–water partition coefficient (Wildman–Crippen LogP) is 2.21. The lowest BCUT2D eigenvalue weighted by Crippen LogP contribution is -2.35. The maximum absolute atomic E-state index is 11.8. The van der Waals surface area contributed by atoms with E-state index >= 15 is 0 Å². The second-order valence-corrected chi connectivity index (χ2v) is 4.71. The first kappa shape index (κ1) is 14.7. The van der Waals surface area contributed by atoms with Crippen molar-refractivity contribution in [3.8, 4) is 0 Å². The van der Waals surface area contributed by atoms with Crippen molar-refractivity contribution in [1.29, 1.82) is 0 Å². The lowest BCUT2D eigenvalue weighted by atomic mass is 10.1. The molecule has 98 valence electrons. The Balaban J connectivity index is 2.96. The molecule has 0 aliphatic rings. The summed E-state index contributed by atoms with van der Waals surface area (Å²) in [6, 6.07) is 4.04. The van der Waals surface area contributed by atoms with Crippen molar-refractivity contribution in [3.05, 3.63) is 28.2 Å². The van der Waals surface area contributed by atoms with Crippen LogP contribution in [0.15, 0.2) is 22.7 Å². The van der Waals surface area contributed by atoms with Crippen molar-refractivity contribution >= 4 is 33.5 Å². The fraction of sp³-hybridized carbons (Fsp3) is 0.333. The van der Waals surface area contributed by atoms with Crippen molar-refractivity contribution in [2.75, 3.05) is 5.32 Å². The Morgan fingerprint density at radius 3 is 2.72 bits per heavy atom. The number of halogens is 1. The molecule has 0 radical (unpaired) electrons. The van der Waals surface area contributed by atoms with E-state index in [4.69, 9.17) is 10.8 Å². The minimum Gasteiger partial charge on any atom is -0.478 e. The number of carboxylic acids is 1. The summed E-state index contributed by atoms with van der Waals surface area (Å²) in [5, 5.41) is 11.6. The highest BCUT2D eigenvalue weighted by atomic mass is 79.9. The minimum absolute atomic E-state index is 0.0291. The van der Waals surface area contributed by atoms with E-state index in [0.29, 0.717) is 10.9 Å². The van der Waals surface area contributed by atoms with Gasteiger partial charge in [-0.05, 0) is 34.5 Å². The second kappa shape index (κ2) is 6.51. The van der Waals surface area contributed by atoms with Crippen LogP contribution in [0.1, 0.15) is 30.1 Å². The van der Waals surface area contributed by atoms with E-state index in [1.54, 1.807) is 12.1 Å². The van der Waals surface area contributed by atoms with E-state index in [-0.39, 0.29) is 17.2 Å². The monoisotopic (exact) mass is 314 g/mol. The van der Waals surface area contributed by atoms with Crippen LogP contribution in [0, 0.1) is 0 Å². The Bertz CT molecular complexity index is 463. The normalized spacial score (nSPS) is 11.9. The van der Waals surface area contributed by atoms with Gasteiger partial charge in [0.15, 0.2) is 0 Å². The molecule has 0 saturated heterocycles. The van der Waals surface area contributed by atoms with Crippen LogP contribution in [0.3, 0.4) is 0 Å². The Morgan fingerprint density at radius 2 is 2.17 bits per heavy atom. The molecular formula is C12H15BrN2O3. The summed E-state index contributed by atoms with van der Waals surface area (Å²) in [5.41, 5.74) is 5.94. The Kier molecular flexibility index (Phi) is 5.30. The summed E-state index contributed by atoms with van der Waals surface area (Å²) in [6.07, 6.45) is 1.34. The molecule has 0 aliphatic carbocycles. The zero-order valence-electron chi connectivity index (χ0n) is 9.94. The molecule has 0 saturated carbocycles. The summed E-state index contributed by atoms with van der Waals surface area (Å²) >= 11 is 3.21. The number of hydrogen-bond donors (Lipinski definition) is 3. The Morgan fingerprint density at radius 1 is 1.50 bits per heavy atom. The molecule has 6 heteroatoms. The second-order valence-electron chi connectivity index (χ2n) is 3.85. The van der Waals surface area contributed by atoms with Gasteiger partial charge in [-0.3, -0.25) is 4.79 Å². The molecule has 0 heterocycles. The average molecular weight is 315 g/mol. The summed E-state index contributed by atoms with van der Waals surface area (Å²) in [5.74, 6) is -1.48. The highest BCUT2D eigenvalue weighted by Gasteiger charge is 2.18. The molecule has 5 nitrogen and oxygen atoms in total. The number of carbonyl (C=O) groups excluding carboxylic acids is 1. The molecule has 0 aromatic heterocycles. The number of nitrogens with two attached hydrogens (primary N) is 1. The number of rotatable bonds is 5. The number of carbonyl (C=O) groups is 2. The molecule has 0 bridgehead atoms. The summed E-state index contributed by atoms with van der Waals surface area (Å²) in [6.45, 7) is 1.92. The van der Waals surface area contributed by atoms with E-state index < -0.39 is 12.0 Å². The fourth-order valence-electron chi connectivity index (χ4n) is 1.49. The maximum Gasteiger partial charge on any atom is 0.337 e. The lowest BCUT2D eigenvalue weighted by molar-refractivity contribution is -0.117. The smallest absolute Gasteiger partial charge is 0.337 e. The molecule has 4 N–H and O–H groups in total. The quantitative estimate of drug-likeness (QED) is 0.777. The molecule has 1 rings (SSSR count). The Hall–Kier alpha value is -1.40. The van der Waals surface area contributed by atoms with Gasteiger partial charge in [0.05, 0.1) is 17.3 Å². The van der Waals surface area contributed by atoms with Gasteiger partial charge in [0.2, 0.25) is 5.91 Å². The number of amides is 1. The lowest BCUT2D eigenvalue weighted by Gasteiger charge is -2.14. The number of benzene rings is 1. The molecule has 0 unspecified atom stereocenters. The van der Waals surface area contributed by atoms with Crippen molar-refractivity contribution in [3.63, 3.8) is 0 Å². The van der Waals surface area contributed by atoms with Gasteiger partial charge in [-0.15, -0.1) is 0 Å². The van der Waals surface area contributed by atoms with Crippen LogP contribution in [-0.4, -0.2) is 23.0 Å². The third-order valence-electron chi connectivity index (χ3n) is 2.43. The van der Waals surface area contributed by atoms with Gasteiger partial charge in [-0.25, -0.2) is 4.79 Å². The number of anilines is 1. The largest absolute Gasteiger partial charge is 0.478 e. The first-order chi connectivity index (χ1) is 8.47.